The number of carbonyl (C=O) groups is 2. The first-order chi connectivity index (χ1) is 8.60. The Kier molecular flexibility index (Phi) is 5.95. The lowest BCUT2D eigenvalue weighted by Crippen LogP contribution is -2.46. The number of unbranched alkanes of at least 4 members (excludes halogenated alkanes) is 1. The van der Waals surface area contributed by atoms with Gasteiger partial charge in [-0.15, -0.1) is 0 Å². The van der Waals surface area contributed by atoms with Gasteiger partial charge in [-0.3, -0.25) is 4.79 Å². The predicted molar refractivity (Wildman–Crippen MR) is 67.2 cm³/mol. The fourth-order valence-electron chi connectivity index (χ4n) is 2.21. The molecular weight excluding hydrogens is 234 g/mol. The number of hydrogen-bond acceptors (Lipinski definition) is 4. The quantitative estimate of drug-likeness (QED) is 0.572. The Morgan fingerprint density at radius 1 is 1.39 bits per heavy atom. The molecule has 1 rings (SSSR count). The van der Waals surface area contributed by atoms with Crippen molar-refractivity contribution in [1.82, 2.24) is 4.90 Å². The molecule has 0 N–H and O–H groups in total. The van der Waals surface area contributed by atoms with Gasteiger partial charge in [0, 0.05) is 12.6 Å². The van der Waals surface area contributed by atoms with E-state index in [9.17, 15) is 9.59 Å². The number of carbonyl (C=O) groups excluding carboxylic acids is 2. The van der Waals surface area contributed by atoms with E-state index >= 15 is 0 Å². The molecule has 1 amide bonds. The maximum absolute atomic E-state index is 11.8. The fourth-order valence-corrected chi connectivity index (χ4v) is 2.21. The smallest absolute Gasteiger partial charge is 0.409 e. The second-order valence-electron chi connectivity index (χ2n) is 4.75. The van der Waals surface area contributed by atoms with Crippen molar-refractivity contribution < 1.29 is 19.1 Å². The molecule has 0 aliphatic carbocycles. The topological polar surface area (TPSA) is 55.8 Å². The monoisotopic (exact) mass is 257 g/mol. The van der Waals surface area contributed by atoms with Crippen LogP contribution in [0.1, 0.15) is 39.5 Å². The fraction of sp³-hybridized carbons (Fsp3) is 0.846. The molecule has 0 saturated carbocycles. The molecule has 1 aliphatic heterocycles. The zero-order valence-electron chi connectivity index (χ0n) is 11.5. The Morgan fingerprint density at radius 2 is 2.11 bits per heavy atom. The molecule has 0 spiro atoms. The van der Waals surface area contributed by atoms with Crippen molar-refractivity contribution in [2.45, 2.75) is 45.6 Å². The highest BCUT2D eigenvalue weighted by atomic mass is 16.6. The number of esters is 1. The molecule has 18 heavy (non-hydrogen) atoms. The molecule has 5 nitrogen and oxygen atoms in total. The number of methoxy groups -OCH3 is 1. The Balaban J connectivity index is 2.41. The number of ether oxygens (including phenoxy) is 2. The lowest BCUT2D eigenvalue weighted by molar-refractivity contribution is -0.147. The van der Waals surface area contributed by atoms with Crippen LogP contribution in [-0.2, 0) is 14.3 Å². The molecule has 0 radical (unpaired) electrons. The first-order valence-corrected chi connectivity index (χ1v) is 6.61. The van der Waals surface area contributed by atoms with Crippen LogP contribution in [-0.4, -0.2) is 43.3 Å². The van der Waals surface area contributed by atoms with Gasteiger partial charge in [0.15, 0.2) is 0 Å². The van der Waals surface area contributed by atoms with Crippen LogP contribution in [0.25, 0.3) is 0 Å². The Morgan fingerprint density at radius 3 is 2.67 bits per heavy atom. The van der Waals surface area contributed by atoms with Crippen molar-refractivity contribution in [2.24, 2.45) is 5.92 Å². The van der Waals surface area contributed by atoms with E-state index in [0.717, 1.165) is 12.8 Å². The standard InChI is InChI=1S/C13H23NO4/c1-4-5-8-18-13(16)14-7-6-11(9-10(14)2)12(15)17-3/h10-11H,4-9H2,1-3H3/t10-,11-/m1/s1. The van der Waals surface area contributed by atoms with E-state index in [1.165, 1.54) is 7.11 Å². The summed E-state index contributed by atoms with van der Waals surface area (Å²) in [6.45, 7) is 5.03. The first kappa shape index (κ1) is 14.8. The van der Waals surface area contributed by atoms with Crippen molar-refractivity contribution in [1.29, 1.82) is 0 Å². The lowest BCUT2D eigenvalue weighted by atomic mass is 9.92. The molecule has 1 saturated heterocycles. The molecule has 0 bridgehead atoms. The average Bonchev–Trinajstić information content (AvgIpc) is 2.37. The Labute approximate surface area is 108 Å². The van der Waals surface area contributed by atoms with E-state index in [1.54, 1.807) is 4.90 Å². The molecule has 1 fully saturated rings. The number of rotatable bonds is 4. The molecule has 104 valence electrons. The highest BCUT2D eigenvalue weighted by molar-refractivity contribution is 5.73. The van der Waals surface area contributed by atoms with Gasteiger partial charge < -0.3 is 14.4 Å². The molecule has 1 aliphatic rings. The average molecular weight is 257 g/mol. The van der Waals surface area contributed by atoms with Crippen LogP contribution in [0.3, 0.4) is 0 Å². The van der Waals surface area contributed by atoms with Crippen molar-refractivity contribution >= 4 is 12.1 Å². The van der Waals surface area contributed by atoms with Crippen LogP contribution in [0.4, 0.5) is 4.79 Å². The van der Waals surface area contributed by atoms with Crippen LogP contribution in [0.2, 0.25) is 0 Å². The summed E-state index contributed by atoms with van der Waals surface area (Å²) >= 11 is 0. The summed E-state index contributed by atoms with van der Waals surface area (Å²) in [4.78, 5) is 25.0. The van der Waals surface area contributed by atoms with Gasteiger partial charge in [0.1, 0.15) is 0 Å². The minimum Gasteiger partial charge on any atom is -0.469 e. The van der Waals surface area contributed by atoms with E-state index in [1.807, 2.05) is 6.92 Å². The van der Waals surface area contributed by atoms with Gasteiger partial charge in [-0.25, -0.2) is 4.79 Å². The SMILES string of the molecule is CCCCOC(=O)N1CC[C@@H](C(=O)OC)C[C@H]1C. The zero-order chi connectivity index (χ0) is 13.5. The number of amides is 1. The van der Waals surface area contributed by atoms with Crippen molar-refractivity contribution in [3.05, 3.63) is 0 Å². The molecule has 0 aromatic rings. The van der Waals surface area contributed by atoms with E-state index in [0.29, 0.717) is 26.0 Å². The van der Waals surface area contributed by atoms with Crippen LogP contribution < -0.4 is 0 Å². The van der Waals surface area contributed by atoms with Crippen molar-refractivity contribution in [3.63, 3.8) is 0 Å². The van der Waals surface area contributed by atoms with Crippen LogP contribution >= 0.6 is 0 Å². The summed E-state index contributed by atoms with van der Waals surface area (Å²) in [5.41, 5.74) is 0. The van der Waals surface area contributed by atoms with Gasteiger partial charge in [-0.2, -0.15) is 0 Å². The highest BCUT2D eigenvalue weighted by Gasteiger charge is 2.33. The van der Waals surface area contributed by atoms with Gasteiger partial charge in [0.2, 0.25) is 0 Å². The minimum absolute atomic E-state index is 0.0250. The normalized spacial score (nSPS) is 23.6. The first-order valence-electron chi connectivity index (χ1n) is 6.61. The van der Waals surface area contributed by atoms with Gasteiger partial charge in [-0.05, 0) is 26.2 Å². The maximum atomic E-state index is 11.8. The zero-order valence-corrected chi connectivity index (χ0v) is 11.5. The van der Waals surface area contributed by atoms with Gasteiger partial charge in [0.25, 0.3) is 0 Å². The van der Waals surface area contributed by atoms with Crippen molar-refractivity contribution in [2.75, 3.05) is 20.3 Å². The van der Waals surface area contributed by atoms with Gasteiger partial charge >= 0.3 is 12.1 Å². The summed E-state index contributed by atoms with van der Waals surface area (Å²) in [5, 5.41) is 0. The van der Waals surface area contributed by atoms with E-state index in [2.05, 4.69) is 6.92 Å². The number of hydrogen-bond donors (Lipinski definition) is 0. The molecule has 2 atom stereocenters. The van der Waals surface area contributed by atoms with E-state index in [-0.39, 0.29) is 24.0 Å². The molecule has 5 heteroatoms. The summed E-state index contributed by atoms with van der Waals surface area (Å²) in [7, 11) is 1.40. The summed E-state index contributed by atoms with van der Waals surface area (Å²) < 4.78 is 9.92. The van der Waals surface area contributed by atoms with Crippen LogP contribution in [0, 0.1) is 5.92 Å². The third kappa shape index (κ3) is 3.89. The molecule has 0 unspecified atom stereocenters. The van der Waals surface area contributed by atoms with E-state index in [4.69, 9.17) is 9.47 Å². The summed E-state index contributed by atoms with van der Waals surface area (Å²) in [5.74, 6) is -0.273. The highest BCUT2D eigenvalue weighted by Crippen LogP contribution is 2.24. The molecule has 0 aromatic heterocycles. The Bertz CT molecular complexity index is 293. The molecule has 1 heterocycles. The van der Waals surface area contributed by atoms with E-state index < -0.39 is 0 Å². The maximum Gasteiger partial charge on any atom is 0.409 e. The third-order valence-corrected chi connectivity index (χ3v) is 3.37. The van der Waals surface area contributed by atoms with Crippen LogP contribution in [0.5, 0.6) is 0 Å². The third-order valence-electron chi connectivity index (χ3n) is 3.37. The van der Waals surface area contributed by atoms with Gasteiger partial charge in [-0.1, -0.05) is 13.3 Å². The molecular formula is C13H23NO4. The lowest BCUT2D eigenvalue weighted by Gasteiger charge is -2.35. The second kappa shape index (κ2) is 7.24. The Hall–Kier alpha value is -1.26. The van der Waals surface area contributed by atoms with Gasteiger partial charge in [0.05, 0.1) is 19.6 Å². The molecule has 0 aromatic carbocycles. The largest absolute Gasteiger partial charge is 0.469 e. The summed E-state index contributed by atoms with van der Waals surface area (Å²) in [6, 6.07) is 0.0250. The van der Waals surface area contributed by atoms with Crippen LogP contribution in [0.15, 0.2) is 0 Å². The predicted octanol–water partition coefficient (Wildman–Crippen LogP) is 2.20. The number of likely N-dealkylation sites (tertiary alicyclic amines) is 1. The number of piperidine rings is 1. The van der Waals surface area contributed by atoms with Crippen molar-refractivity contribution in [3.8, 4) is 0 Å². The minimum atomic E-state index is -0.265. The second-order valence-corrected chi connectivity index (χ2v) is 4.75. The summed E-state index contributed by atoms with van der Waals surface area (Å²) in [6.07, 6.45) is 2.93. The number of nitrogens with zero attached hydrogens (tertiary/aromatic N) is 1.